The van der Waals surface area contributed by atoms with Crippen LogP contribution in [0.2, 0.25) is 5.15 Å². The first kappa shape index (κ1) is 15.1. The molecule has 3 aromatic rings. The molecule has 0 amide bonds. The average molecular weight is 335 g/mol. The highest BCUT2D eigenvalue weighted by Gasteiger charge is 2.20. The maximum atomic E-state index is 12.3. The SMILES string of the molecule is CCS(=O)(=O)c1ccccc1-n1nc2cc(C)ccc2c1Cl. The van der Waals surface area contributed by atoms with Crippen LogP contribution in [0.15, 0.2) is 47.4 Å². The first-order valence-electron chi connectivity index (χ1n) is 6.91. The van der Waals surface area contributed by atoms with Crippen LogP contribution in [0.1, 0.15) is 12.5 Å². The van der Waals surface area contributed by atoms with E-state index in [1.165, 1.54) is 4.68 Å². The summed E-state index contributed by atoms with van der Waals surface area (Å²) >= 11 is 6.41. The van der Waals surface area contributed by atoms with Gasteiger partial charge in [-0.15, -0.1) is 0 Å². The molecule has 114 valence electrons. The standard InChI is InChI=1S/C16H15ClN2O2S/c1-3-22(20,21)15-7-5-4-6-14(15)19-16(17)12-9-8-11(2)10-13(12)18-19/h4-10H,3H2,1-2H3. The summed E-state index contributed by atoms with van der Waals surface area (Å²) in [5.41, 5.74) is 2.29. The number of hydrogen-bond donors (Lipinski definition) is 0. The Morgan fingerprint density at radius 1 is 1.18 bits per heavy atom. The van der Waals surface area contributed by atoms with E-state index in [1.807, 2.05) is 25.1 Å². The molecule has 0 aliphatic heterocycles. The van der Waals surface area contributed by atoms with E-state index < -0.39 is 9.84 Å². The van der Waals surface area contributed by atoms with Crippen molar-refractivity contribution in [1.82, 2.24) is 9.78 Å². The monoisotopic (exact) mass is 334 g/mol. The Morgan fingerprint density at radius 2 is 1.91 bits per heavy atom. The predicted molar refractivity (Wildman–Crippen MR) is 88.5 cm³/mol. The molecular weight excluding hydrogens is 320 g/mol. The van der Waals surface area contributed by atoms with Gasteiger partial charge in [-0.1, -0.05) is 36.7 Å². The fourth-order valence-electron chi connectivity index (χ4n) is 2.37. The van der Waals surface area contributed by atoms with Gasteiger partial charge in [-0.25, -0.2) is 13.1 Å². The molecule has 0 atom stereocenters. The van der Waals surface area contributed by atoms with Crippen molar-refractivity contribution < 1.29 is 8.42 Å². The molecule has 0 bridgehead atoms. The first-order chi connectivity index (χ1) is 10.4. The van der Waals surface area contributed by atoms with E-state index in [2.05, 4.69) is 5.10 Å². The lowest BCUT2D eigenvalue weighted by Crippen LogP contribution is -2.09. The number of nitrogens with zero attached hydrogens (tertiary/aromatic N) is 2. The molecule has 0 saturated heterocycles. The molecule has 4 nitrogen and oxygen atoms in total. The average Bonchev–Trinajstić information content (AvgIpc) is 2.83. The number of halogens is 1. The van der Waals surface area contributed by atoms with E-state index in [0.29, 0.717) is 10.8 Å². The fraction of sp³-hybridized carbons (Fsp3) is 0.188. The zero-order valence-corrected chi connectivity index (χ0v) is 13.8. The van der Waals surface area contributed by atoms with Crippen LogP contribution in [0.3, 0.4) is 0 Å². The van der Waals surface area contributed by atoms with Gasteiger partial charge in [0, 0.05) is 5.39 Å². The van der Waals surface area contributed by atoms with E-state index in [0.717, 1.165) is 16.5 Å². The van der Waals surface area contributed by atoms with Crippen molar-refractivity contribution in [2.45, 2.75) is 18.7 Å². The second-order valence-electron chi connectivity index (χ2n) is 5.09. The van der Waals surface area contributed by atoms with Crippen LogP contribution in [0.25, 0.3) is 16.6 Å². The maximum Gasteiger partial charge on any atom is 0.180 e. The summed E-state index contributed by atoms with van der Waals surface area (Å²) in [6, 6.07) is 12.6. The number of para-hydroxylation sites is 1. The molecular formula is C16H15ClN2O2S. The Kier molecular flexibility index (Phi) is 3.70. The van der Waals surface area contributed by atoms with Gasteiger partial charge in [0.2, 0.25) is 0 Å². The molecule has 0 radical (unpaired) electrons. The summed E-state index contributed by atoms with van der Waals surface area (Å²) in [4.78, 5) is 0.240. The molecule has 0 aliphatic carbocycles. The topological polar surface area (TPSA) is 52.0 Å². The van der Waals surface area contributed by atoms with E-state index in [1.54, 1.807) is 31.2 Å². The highest BCUT2D eigenvalue weighted by molar-refractivity contribution is 7.91. The summed E-state index contributed by atoms with van der Waals surface area (Å²) < 4.78 is 26.1. The fourth-order valence-corrected chi connectivity index (χ4v) is 3.73. The van der Waals surface area contributed by atoms with Crippen molar-refractivity contribution in [3.05, 3.63) is 53.2 Å². The van der Waals surface area contributed by atoms with Crippen LogP contribution in [0.4, 0.5) is 0 Å². The number of aryl methyl sites for hydroxylation is 1. The van der Waals surface area contributed by atoms with Gasteiger partial charge in [0.15, 0.2) is 9.84 Å². The Labute approximate surface area is 134 Å². The van der Waals surface area contributed by atoms with Crippen molar-refractivity contribution in [2.75, 3.05) is 5.75 Å². The van der Waals surface area contributed by atoms with Gasteiger partial charge in [-0.3, -0.25) is 0 Å². The van der Waals surface area contributed by atoms with E-state index >= 15 is 0 Å². The molecule has 3 rings (SSSR count). The van der Waals surface area contributed by atoms with Gasteiger partial charge in [0.1, 0.15) is 5.15 Å². The van der Waals surface area contributed by atoms with E-state index in [9.17, 15) is 8.42 Å². The largest absolute Gasteiger partial charge is 0.224 e. The lowest BCUT2D eigenvalue weighted by atomic mass is 10.2. The van der Waals surface area contributed by atoms with Crippen molar-refractivity contribution >= 4 is 32.3 Å². The second kappa shape index (κ2) is 5.41. The summed E-state index contributed by atoms with van der Waals surface area (Å²) in [7, 11) is -3.36. The number of sulfone groups is 1. The summed E-state index contributed by atoms with van der Waals surface area (Å²) in [5.74, 6) is 0.0293. The maximum absolute atomic E-state index is 12.3. The smallest absolute Gasteiger partial charge is 0.180 e. The number of benzene rings is 2. The van der Waals surface area contributed by atoms with Gasteiger partial charge in [-0.2, -0.15) is 5.10 Å². The third-order valence-corrected chi connectivity index (χ3v) is 5.72. The predicted octanol–water partition coefficient (Wildman–Crippen LogP) is 3.78. The second-order valence-corrected chi connectivity index (χ2v) is 7.70. The van der Waals surface area contributed by atoms with Crippen LogP contribution in [0.5, 0.6) is 0 Å². The minimum atomic E-state index is -3.36. The lowest BCUT2D eigenvalue weighted by molar-refractivity contribution is 0.596. The molecule has 0 N–H and O–H groups in total. The molecule has 2 aromatic carbocycles. The first-order valence-corrected chi connectivity index (χ1v) is 8.94. The Bertz CT molecular complexity index is 961. The van der Waals surface area contributed by atoms with Gasteiger partial charge in [0.25, 0.3) is 0 Å². The molecule has 0 spiro atoms. The van der Waals surface area contributed by atoms with Crippen molar-refractivity contribution in [3.63, 3.8) is 0 Å². The molecule has 0 saturated carbocycles. The van der Waals surface area contributed by atoms with Crippen molar-refractivity contribution in [3.8, 4) is 5.69 Å². The van der Waals surface area contributed by atoms with Gasteiger partial charge in [-0.05, 0) is 36.8 Å². The van der Waals surface area contributed by atoms with E-state index in [4.69, 9.17) is 11.6 Å². The molecule has 1 aromatic heterocycles. The van der Waals surface area contributed by atoms with Gasteiger partial charge < -0.3 is 0 Å². The number of aromatic nitrogens is 2. The highest BCUT2D eigenvalue weighted by atomic mass is 35.5. The quantitative estimate of drug-likeness (QED) is 0.732. The van der Waals surface area contributed by atoms with Gasteiger partial charge in [0.05, 0.1) is 21.9 Å². The number of fused-ring (bicyclic) bond motifs is 1. The van der Waals surface area contributed by atoms with Crippen molar-refractivity contribution in [1.29, 1.82) is 0 Å². The molecule has 0 unspecified atom stereocenters. The van der Waals surface area contributed by atoms with Gasteiger partial charge >= 0.3 is 0 Å². The zero-order chi connectivity index (χ0) is 15.9. The van der Waals surface area contributed by atoms with Crippen LogP contribution in [-0.4, -0.2) is 24.0 Å². The van der Waals surface area contributed by atoms with E-state index in [-0.39, 0.29) is 10.6 Å². The van der Waals surface area contributed by atoms with Crippen molar-refractivity contribution in [2.24, 2.45) is 0 Å². The normalized spacial score (nSPS) is 12.0. The number of rotatable bonds is 3. The molecule has 6 heteroatoms. The minimum Gasteiger partial charge on any atom is -0.224 e. The summed E-state index contributed by atoms with van der Waals surface area (Å²) in [6.45, 7) is 3.60. The zero-order valence-electron chi connectivity index (χ0n) is 12.2. The van der Waals surface area contributed by atoms with Crippen LogP contribution < -0.4 is 0 Å². The Morgan fingerprint density at radius 3 is 2.64 bits per heavy atom. The number of hydrogen-bond acceptors (Lipinski definition) is 3. The van der Waals surface area contributed by atoms with Crippen LogP contribution in [-0.2, 0) is 9.84 Å². The summed E-state index contributed by atoms with van der Waals surface area (Å²) in [5, 5.41) is 5.68. The molecule has 1 heterocycles. The minimum absolute atomic E-state index is 0.0293. The summed E-state index contributed by atoms with van der Waals surface area (Å²) in [6.07, 6.45) is 0. The van der Waals surface area contributed by atoms with Crippen LogP contribution >= 0.6 is 11.6 Å². The Balaban J connectivity index is 2.31. The highest BCUT2D eigenvalue weighted by Crippen LogP contribution is 2.30. The third kappa shape index (κ3) is 2.40. The van der Waals surface area contributed by atoms with Crippen LogP contribution in [0, 0.1) is 6.92 Å². The Hall–Kier alpha value is -1.85. The molecule has 0 fully saturated rings. The molecule has 0 aliphatic rings. The third-order valence-electron chi connectivity index (χ3n) is 3.58. The lowest BCUT2D eigenvalue weighted by Gasteiger charge is -2.09. The molecule has 22 heavy (non-hydrogen) atoms.